The van der Waals surface area contributed by atoms with E-state index < -0.39 is 64.6 Å². The van der Waals surface area contributed by atoms with Gasteiger partial charge < -0.3 is 14.6 Å². The van der Waals surface area contributed by atoms with Crippen LogP contribution < -0.4 is 0 Å². The average Bonchev–Trinajstić information content (AvgIpc) is 2.58. The molecule has 1 fully saturated rings. The van der Waals surface area contributed by atoms with Gasteiger partial charge in [-0.3, -0.25) is 24.5 Å². The maximum atomic E-state index is 12.9. The Labute approximate surface area is 174 Å². The number of carbonyl (C=O) groups excluding carboxylic acids is 3. The minimum Gasteiger partial charge on any atom is -0.463 e. The highest BCUT2D eigenvalue weighted by atomic mass is 16.6. The summed E-state index contributed by atoms with van der Waals surface area (Å²) in [6, 6.07) is 5.20. The van der Waals surface area contributed by atoms with E-state index in [0.717, 1.165) is 0 Å². The largest absolute Gasteiger partial charge is 0.463 e. The van der Waals surface area contributed by atoms with E-state index >= 15 is 0 Å². The summed E-state index contributed by atoms with van der Waals surface area (Å²) in [5.74, 6) is -5.82. The van der Waals surface area contributed by atoms with Gasteiger partial charge in [0, 0.05) is 24.5 Å². The summed E-state index contributed by atoms with van der Waals surface area (Å²) in [5, 5.41) is 22.0. The Hall–Kier alpha value is -2.81. The van der Waals surface area contributed by atoms with Gasteiger partial charge in [-0.25, -0.2) is 0 Å². The van der Waals surface area contributed by atoms with Crippen LogP contribution in [0.2, 0.25) is 0 Å². The van der Waals surface area contributed by atoms with Crippen molar-refractivity contribution in [3.05, 3.63) is 39.9 Å². The van der Waals surface area contributed by atoms with Gasteiger partial charge in [0.1, 0.15) is 5.92 Å². The van der Waals surface area contributed by atoms with Gasteiger partial charge in [-0.05, 0) is 40.2 Å². The molecule has 0 aromatic heterocycles. The fourth-order valence-electron chi connectivity index (χ4n) is 3.85. The van der Waals surface area contributed by atoms with E-state index in [-0.39, 0.29) is 5.69 Å². The Bertz CT molecular complexity index is 820. The lowest BCUT2D eigenvalue weighted by Crippen LogP contribution is -2.55. The number of hydrogen-bond donors (Lipinski definition) is 1. The third-order valence-electron chi connectivity index (χ3n) is 4.97. The molecule has 0 radical (unpaired) electrons. The van der Waals surface area contributed by atoms with Gasteiger partial charge >= 0.3 is 11.9 Å². The molecule has 1 aromatic carbocycles. The molecule has 1 aromatic rings. The van der Waals surface area contributed by atoms with Crippen molar-refractivity contribution in [2.24, 2.45) is 11.8 Å². The highest BCUT2D eigenvalue weighted by Crippen LogP contribution is 2.47. The smallest absolute Gasteiger partial charge is 0.317 e. The molecule has 4 atom stereocenters. The minimum absolute atomic E-state index is 0.185. The summed E-state index contributed by atoms with van der Waals surface area (Å²) in [6.45, 7) is 7.90. The number of Topliss-reactive ketones (excluding diaryl/α,β-unsaturated/α-hetero) is 1. The number of non-ortho nitro benzene ring substituents is 1. The lowest BCUT2D eigenvalue weighted by atomic mass is 9.61. The second-order valence-electron chi connectivity index (χ2n) is 8.30. The number of aliphatic hydroxyl groups is 1. The van der Waals surface area contributed by atoms with E-state index in [1.807, 2.05) is 0 Å². The monoisotopic (exact) mass is 421 g/mol. The topological polar surface area (TPSA) is 133 Å². The zero-order valence-corrected chi connectivity index (χ0v) is 17.7. The molecule has 9 heteroatoms. The van der Waals surface area contributed by atoms with Crippen molar-refractivity contribution in [1.82, 2.24) is 0 Å². The van der Waals surface area contributed by atoms with Crippen LogP contribution in [0.1, 0.15) is 52.5 Å². The molecule has 0 bridgehead atoms. The predicted molar refractivity (Wildman–Crippen MR) is 106 cm³/mol. The van der Waals surface area contributed by atoms with Gasteiger partial charge in [0.25, 0.3) is 5.69 Å². The first-order valence-electron chi connectivity index (χ1n) is 9.75. The van der Waals surface area contributed by atoms with Crippen LogP contribution >= 0.6 is 0 Å². The van der Waals surface area contributed by atoms with Crippen molar-refractivity contribution < 1.29 is 33.9 Å². The molecule has 1 aliphatic rings. The highest BCUT2D eigenvalue weighted by molar-refractivity contribution is 6.02. The first-order valence-corrected chi connectivity index (χ1v) is 9.75. The normalized spacial score (nSPS) is 26.5. The third kappa shape index (κ3) is 5.02. The second-order valence-corrected chi connectivity index (χ2v) is 8.30. The molecule has 1 saturated carbocycles. The maximum Gasteiger partial charge on any atom is 0.317 e. The zero-order valence-electron chi connectivity index (χ0n) is 17.7. The lowest BCUT2D eigenvalue weighted by Gasteiger charge is -2.44. The number of carbonyl (C=O) groups is 3. The summed E-state index contributed by atoms with van der Waals surface area (Å²) in [5.41, 5.74) is -1.63. The third-order valence-corrected chi connectivity index (χ3v) is 4.97. The van der Waals surface area contributed by atoms with Crippen molar-refractivity contribution in [2.45, 2.75) is 64.8 Å². The van der Waals surface area contributed by atoms with Gasteiger partial charge in [-0.2, -0.15) is 0 Å². The van der Waals surface area contributed by atoms with Crippen LogP contribution in [0.15, 0.2) is 24.3 Å². The molecule has 2 rings (SSSR count). The number of ether oxygens (including phenoxy) is 2. The molecular weight excluding hydrogens is 394 g/mol. The summed E-state index contributed by atoms with van der Waals surface area (Å²) >= 11 is 0. The number of esters is 2. The molecule has 0 aliphatic heterocycles. The van der Waals surface area contributed by atoms with Gasteiger partial charge in [-0.15, -0.1) is 0 Å². The van der Waals surface area contributed by atoms with Crippen LogP contribution in [-0.4, -0.2) is 45.6 Å². The van der Waals surface area contributed by atoms with E-state index in [2.05, 4.69) is 0 Å². The first-order chi connectivity index (χ1) is 13.8. The Balaban J connectivity index is 2.62. The quantitative estimate of drug-likeness (QED) is 0.321. The van der Waals surface area contributed by atoms with E-state index in [4.69, 9.17) is 9.47 Å². The molecule has 0 unspecified atom stereocenters. The van der Waals surface area contributed by atoms with Crippen molar-refractivity contribution >= 4 is 23.4 Å². The lowest BCUT2D eigenvalue weighted by molar-refractivity contribution is -0.384. The molecule has 1 aliphatic carbocycles. The minimum atomic E-state index is -1.77. The van der Waals surface area contributed by atoms with Gasteiger partial charge in [0.05, 0.1) is 28.7 Å². The van der Waals surface area contributed by atoms with E-state index in [0.29, 0.717) is 5.56 Å². The number of hydrogen-bond acceptors (Lipinski definition) is 8. The molecule has 30 heavy (non-hydrogen) atoms. The number of nitro groups is 1. The molecule has 164 valence electrons. The van der Waals surface area contributed by atoms with Crippen LogP contribution in [0.5, 0.6) is 0 Å². The number of benzene rings is 1. The van der Waals surface area contributed by atoms with Crippen molar-refractivity contribution in [2.75, 3.05) is 0 Å². The van der Waals surface area contributed by atoms with Gasteiger partial charge in [-0.1, -0.05) is 12.1 Å². The average molecular weight is 421 g/mol. The summed E-state index contributed by atoms with van der Waals surface area (Å²) in [7, 11) is 0. The Morgan fingerprint density at radius 2 is 1.60 bits per heavy atom. The number of nitro benzene ring substituents is 1. The van der Waals surface area contributed by atoms with Crippen molar-refractivity contribution in [3.63, 3.8) is 0 Å². The standard InChI is InChI=1S/C21H27NO8/c1-11(2)29-19(24)17-15(23)10-21(5,26)18(20(25)30-12(3)4)16(17)13-6-8-14(9-7-13)22(27)28/h6-9,11-12,16-18,26H,10H2,1-5H3/t16-,17+,18+,21-/m1/s1. The van der Waals surface area contributed by atoms with Crippen LogP contribution in [-0.2, 0) is 23.9 Å². The van der Waals surface area contributed by atoms with Crippen LogP contribution in [0.3, 0.4) is 0 Å². The van der Waals surface area contributed by atoms with Gasteiger partial charge in [0.15, 0.2) is 5.78 Å². The molecule has 9 nitrogen and oxygen atoms in total. The second kappa shape index (κ2) is 8.91. The number of ketones is 1. The van der Waals surface area contributed by atoms with E-state index in [1.165, 1.54) is 31.2 Å². The Morgan fingerprint density at radius 1 is 1.10 bits per heavy atom. The molecule has 1 N–H and O–H groups in total. The fraction of sp³-hybridized carbons (Fsp3) is 0.571. The van der Waals surface area contributed by atoms with Gasteiger partial charge in [0.2, 0.25) is 0 Å². The van der Waals surface area contributed by atoms with Crippen molar-refractivity contribution in [3.8, 4) is 0 Å². The predicted octanol–water partition coefficient (Wildman–Crippen LogP) is 2.54. The van der Waals surface area contributed by atoms with E-state index in [9.17, 15) is 29.6 Å². The summed E-state index contributed by atoms with van der Waals surface area (Å²) < 4.78 is 10.6. The van der Waals surface area contributed by atoms with Crippen LogP contribution in [0.4, 0.5) is 5.69 Å². The van der Waals surface area contributed by atoms with Crippen LogP contribution in [0, 0.1) is 22.0 Å². The molecule has 0 saturated heterocycles. The SMILES string of the molecule is CC(C)OC(=O)[C@H]1C(=O)C[C@@](C)(O)[C@H](C(=O)OC(C)C)[C@@H]1c1ccc([N+](=O)[O-])cc1. The zero-order chi connectivity index (χ0) is 22.8. The summed E-state index contributed by atoms with van der Waals surface area (Å²) in [4.78, 5) is 49.0. The number of rotatable bonds is 6. The Kier molecular flexibility index (Phi) is 6.97. The molecule has 0 spiro atoms. The summed E-state index contributed by atoms with van der Waals surface area (Å²) in [6.07, 6.45) is -1.40. The molecule has 0 heterocycles. The maximum absolute atomic E-state index is 12.9. The highest BCUT2D eigenvalue weighted by Gasteiger charge is 2.57. The van der Waals surface area contributed by atoms with E-state index in [1.54, 1.807) is 27.7 Å². The van der Waals surface area contributed by atoms with Crippen LogP contribution in [0.25, 0.3) is 0 Å². The molecule has 0 amide bonds. The fourth-order valence-corrected chi connectivity index (χ4v) is 3.85. The first kappa shape index (κ1) is 23.5. The Morgan fingerprint density at radius 3 is 2.07 bits per heavy atom. The molecular formula is C21H27NO8. The van der Waals surface area contributed by atoms with Crippen molar-refractivity contribution in [1.29, 1.82) is 0 Å². The number of nitrogens with zero attached hydrogens (tertiary/aromatic N) is 1.